The van der Waals surface area contributed by atoms with Crippen molar-refractivity contribution in [3.05, 3.63) is 35.4 Å². The first-order valence-electron chi connectivity index (χ1n) is 10.7. The van der Waals surface area contributed by atoms with E-state index in [1.165, 1.54) is 42.5 Å². The van der Waals surface area contributed by atoms with Crippen LogP contribution in [0.15, 0.2) is 24.3 Å². The van der Waals surface area contributed by atoms with Crippen LogP contribution in [0.2, 0.25) is 0 Å². The summed E-state index contributed by atoms with van der Waals surface area (Å²) < 4.78 is 1.25. The van der Waals surface area contributed by atoms with Gasteiger partial charge in [0.25, 0.3) is 0 Å². The zero-order valence-corrected chi connectivity index (χ0v) is 21.6. The third-order valence-electron chi connectivity index (χ3n) is 6.38. The Hall–Kier alpha value is -0.0900. The van der Waals surface area contributed by atoms with Crippen LogP contribution in [0.4, 0.5) is 0 Å². The van der Waals surface area contributed by atoms with Gasteiger partial charge in [-0.1, -0.05) is 79.7 Å². The van der Waals surface area contributed by atoms with Gasteiger partial charge in [0.1, 0.15) is 0 Å². The summed E-state index contributed by atoms with van der Waals surface area (Å²) in [5, 5.41) is 0. The number of rotatable bonds is 5. The number of nitrogens with zero attached hydrogens (tertiary/aromatic N) is 1. The molecule has 1 aromatic rings. The van der Waals surface area contributed by atoms with Crippen LogP contribution in [-0.2, 0) is 5.41 Å². The molecule has 156 valence electrons. The summed E-state index contributed by atoms with van der Waals surface area (Å²) in [7, 11) is 2.49. The highest BCUT2D eigenvalue weighted by Gasteiger charge is 2.40. The van der Waals surface area contributed by atoms with Crippen molar-refractivity contribution in [2.24, 2.45) is 17.3 Å². The number of likely N-dealkylation sites (N-methyl/N-ethyl adjacent to an activating group) is 1. The van der Waals surface area contributed by atoms with E-state index in [0.29, 0.717) is 11.3 Å². The normalized spacial score (nSPS) is 27.3. The summed E-state index contributed by atoms with van der Waals surface area (Å²) in [6, 6.07) is 9.52. The molecule has 0 radical (unpaired) electrons. The Labute approximate surface area is 186 Å². The number of likely N-dealkylation sites (tertiary alicyclic amines) is 1. The van der Waals surface area contributed by atoms with Gasteiger partial charge in [-0.05, 0) is 40.7 Å². The minimum atomic E-state index is 0. The fraction of sp³-hybridized carbons (Fsp3) is 0.760. The Kier molecular flexibility index (Phi) is 8.46. The first kappa shape index (κ1) is 24.9. The Morgan fingerprint density at radius 1 is 1.00 bits per heavy atom. The Balaban J connectivity index is 0.00000364. The first-order valence-corrected chi connectivity index (χ1v) is 10.7. The lowest BCUT2D eigenvalue weighted by Gasteiger charge is -2.32. The van der Waals surface area contributed by atoms with Gasteiger partial charge in [-0.2, -0.15) is 0 Å². The van der Waals surface area contributed by atoms with E-state index < -0.39 is 0 Å². The van der Waals surface area contributed by atoms with Crippen molar-refractivity contribution < 1.29 is 28.5 Å². The molecule has 0 N–H and O–H groups in total. The maximum Gasteiger partial charge on any atom is 0.0859 e. The molecule has 1 fully saturated rings. The van der Waals surface area contributed by atoms with E-state index in [0.717, 1.165) is 11.8 Å². The molecule has 2 heteroatoms. The molecule has 0 aromatic heterocycles. The Morgan fingerprint density at radius 3 is 2.04 bits per heavy atom. The summed E-state index contributed by atoms with van der Waals surface area (Å²) in [4.78, 5) is 0. The topological polar surface area (TPSA) is 0 Å². The van der Waals surface area contributed by atoms with Gasteiger partial charge in [-0.15, -0.1) is 0 Å². The molecule has 1 nitrogen and oxygen atoms in total. The molecule has 0 spiro atoms. The highest BCUT2D eigenvalue weighted by atomic mass is 127. The lowest BCUT2D eigenvalue weighted by Crippen LogP contribution is -3.00. The first-order chi connectivity index (χ1) is 11.8. The Morgan fingerprint density at radius 2 is 1.56 bits per heavy atom. The molecule has 1 aliphatic rings. The van der Waals surface area contributed by atoms with Crippen LogP contribution in [0.5, 0.6) is 0 Å². The number of hydrogen-bond donors (Lipinski definition) is 0. The number of hydrogen-bond acceptors (Lipinski definition) is 0. The molecule has 0 amide bonds. The lowest BCUT2D eigenvalue weighted by molar-refractivity contribution is -0.900. The molecule has 27 heavy (non-hydrogen) atoms. The van der Waals surface area contributed by atoms with Crippen LogP contribution >= 0.6 is 0 Å². The largest absolute Gasteiger partial charge is 1.00 e. The minimum absolute atomic E-state index is 0. The van der Waals surface area contributed by atoms with Gasteiger partial charge in [0.15, 0.2) is 0 Å². The van der Waals surface area contributed by atoms with E-state index in [4.69, 9.17) is 0 Å². The van der Waals surface area contributed by atoms with E-state index in [9.17, 15) is 0 Å². The maximum atomic E-state index is 2.49. The summed E-state index contributed by atoms with van der Waals surface area (Å²) in [6.45, 7) is 22.9. The standard InChI is InChI=1S/C25H44N.HI/c1-19(16-24(3,4)5)14-15-26(9)17-20(2)23(18-26)21-10-12-22(13-11-21)25(6,7)8;/h10-13,19-20,23H,14-18H2,1-9H3;1H/q+1;/p-1. The molecule has 1 aliphatic heterocycles. The minimum Gasteiger partial charge on any atom is -1.00 e. The lowest BCUT2D eigenvalue weighted by atomic mass is 9.84. The zero-order chi connectivity index (χ0) is 19.8. The van der Waals surface area contributed by atoms with Crippen LogP contribution in [0.1, 0.15) is 85.3 Å². The molecule has 1 saturated heterocycles. The predicted molar refractivity (Wildman–Crippen MR) is 116 cm³/mol. The molecule has 1 aromatic carbocycles. The van der Waals surface area contributed by atoms with Crippen molar-refractivity contribution in [1.29, 1.82) is 0 Å². The number of quaternary nitrogens is 1. The van der Waals surface area contributed by atoms with Gasteiger partial charge in [0, 0.05) is 11.8 Å². The molecule has 0 saturated carbocycles. The average molecular weight is 486 g/mol. The maximum absolute atomic E-state index is 2.49. The average Bonchev–Trinajstić information content (AvgIpc) is 2.79. The number of benzene rings is 1. The third-order valence-corrected chi connectivity index (χ3v) is 6.38. The van der Waals surface area contributed by atoms with E-state index >= 15 is 0 Å². The molecule has 0 aliphatic carbocycles. The molecular weight excluding hydrogens is 441 g/mol. The highest BCUT2D eigenvalue weighted by molar-refractivity contribution is 5.30. The van der Waals surface area contributed by atoms with Crippen molar-refractivity contribution in [3.8, 4) is 0 Å². The SMILES string of the molecule is CC(CC[N+]1(C)CC(C)C(c2ccc(C(C)(C)C)cc2)C1)CC(C)(C)C.[I-]. The van der Waals surface area contributed by atoms with Crippen LogP contribution < -0.4 is 24.0 Å². The van der Waals surface area contributed by atoms with Crippen LogP contribution in [0, 0.1) is 17.3 Å². The predicted octanol–water partition coefficient (Wildman–Crippen LogP) is 3.63. The summed E-state index contributed by atoms with van der Waals surface area (Å²) in [5.74, 6) is 2.32. The van der Waals surface area contributed by atoms with E-state index in [1.807, 2.05) is 0 Å². The second kappa shape index (κ2) is 9.15. The second-order valence-corrected chi connectivity index (χ2v) is 11.8. The number of halogens is 1. The van der Waals surface area contributed by atoms with Gasteiger partial charge in [-0.25, -0.2) is 0 Å². The zero-order valence-electron chi connectivity index (χ0n) is 19.4. The monoisotopic (exact) mass is 485 g/mol. The molecular formula is C25H44IN. The van der Waals surface area contributed by atoms with Crippen molar-refractivity contribution >= 4 is 0 Å². The van der Waals surface area contributed by atoms with E-state index in [-0.39, 0.29) is 29.4 Å². The van der Waals surface area contributed by atoms with Crippen molar-refractivity contribution in [3.63, 3.8) is 0 Å². The van der Waals surface area contributed by atoms with Gasteiger partial charge < -0.3 is 28.5 Å². The van der Waals surface area contributed by atoms with Crippen LogP contribution in [0.3, 0.4) is 0 Å². The van der Waals surface area contributed by atoms with Crippen LogP contribution in [0.25, 0.3) is 0 Å². The fourth-order valence-corrected chi connectivity index (χ4v) is 5.08. The van der Waals surface area contributed by atoms with Gasteiger partial charge >= 0.3 is 0 Å². The van der Waals surface area contributed by atoms with E-state index in [2.05, 4.69) is 86.7 Å². The molecule has 2 rings (SSSR count). The summed E-state index contributed by atoms with van der Waals surface area (Å²) >= 11 is 0. The summed E-state index contributed by atoms with van der Waals surface area (Å²) in [6.07, 6.45) is 2.69. The smallest absolute Gasteiger partial charge is 0.0859 e. The summed E-state index contributed by atoms with van der Waals surface area (Å²) in [5.41, 5.74) is 3.69. The molecule has 4 atom stereocenters. The van der Waals surface area contributed by atoms with Gasteiger partial charge in [0.05, 0.1) is 26.7 Å². The van der Waals surface area contributed by atoms with Gasteiger partial charge in [0.2, 0.25) is 0 Å². The quantitative estimate of drug-likeness (QED) is 0.442. The van der Waals surface area contributed by atoms with Crippen molar-refractivity contribution in [2.75, 3.05) is 26.7 Å². The van der Waals surface area contributed by atoms with Crippen molar-refractivity contribution in [1.82, 2.24) is 0 Å². The second-order valence-electron chi connectivity index (χ2n) is 11.8. The van der Waals surface area contributed by atoms with E-state index in [1.54, 1.807) is 5.56 Å². The molecule has 0 bridgehead atoms. The van der Waals surface area contributed by atoms with Gasteiger partial charge in [-0.3, -0.25) is 0 Å². The molecule has 4 unspecified atom stereocenters. The fourth-order valence-electron chi connectivity index (χ4n) is 5.08. The van der Waals surface area contributed by atoms with Crippen molar-refractivity contribution in [2.45, 2.75) is 79.6 Å². The third kappa shape index (κ3) is 7.34. The molecule has 1 heterocycles. The van der Waals surface area contributed by atoms with Crippen LogP contribution in [-0.4, -0.2) is 31.2 Å². The Bertz CT molecular complexity index is 578. The highest BCUT2D eigenvalue weighted by Crippen LogP contribution is 2.37.